The molecule has 0 radical (unpaired) electrons. The Labute approximate surface area is 88.1 Å². The zero-order valence-corrected chi connectivity index (χ0v) is 8.70. The molecule has 0 bridgehead atoms. The molecule has 0 saturated carbocycles. The molecule has 0 atom stereocenters. The van der Waals surface area contributed by atoms with Crippen LogP contribution in [-0.4, -0.2) is 6.54 Å². The molecule has 0 aliphatic carbocycles. The Kier molecular flexibility index (Phi) is 3.79. The lowest BCUT2D eigenvalue weighted by Crippen LogP contribution is -1.99. The van der Waals surface area contributed by atoms with Gasteiger partial charge in [0.05, 0.1) is 0 Å². The van der Waals surface area contributed by atoms with Crippen LogP contribution in [0.4, 0.5) is 0 Å². The molecular formula is C10H11Cl2N. The molecule has 13 heavy (non-hydrogen) atoms. The van der Waals surface area contributed by atoms with E-state index in [1.807, 2.05) is 12.1 Å². The van der Waals surface area contributed by atoms with E-state index in [9.17, 15) is 0 Å². The van der Waals surface area contributed by atoms with E-state index >= 15 is 0 Å². The van der Waals surface area contributed by atoms with Crippen LogP contribution in [0.15, 0.2) is 24.8 Å². The van der Waals surface area contributed by atoms with Crippen molar-refractivity contribution in [2.45, 2.75) is 6.42 Å². The summed E-state index contributed by atoms with van der Waals surface area (Å²) in [6, 6.07) is 5.37. The highest BCUT2D eigenvalue weighted by atomic mass is 35.5. The molecule has 2 N–H and O–H groups in total. The molecule has 0 spiro atoms. The zero-order chi connectivity index (χ0) is 9.84. The lowest BCUT2D eigenvalue weighted by Gasteiger charge is -2.05. The molecule has 0 aliphatic rings. The van der Waals surface area contributed by atoms with Crippen LogP contribution in [0.1, 0.15) is 12.0 Å². The van der Waals surface area contributed by atoms with Crippen molar-refractivity contribution in [1.29, 1.82) is 0 Å². The molecule has 0 amide bonds. The van der Waals surface area contributed by atoms with Crippen molar-refractivity contribution < 1.29 is 0 Å². The number of halogens is 2. The summed E-state index contributed by atoms with van der Waals surface area (Å²) in [4.78, 5) is 0. The van der Waals surface area contributed by atoms with Crippen LogP contribution < -0.4 is 5.73 Å². The normalized spacial score (nSPS) is 10.1. The summed E-state index contributed by atoms with van der Waals surface area (Å²) >= 11 is 11.7. The number of benzene rings is 1. The first-order chi connectivity index (χ1) is 6.13. The quantitative estimate of drug-likeness (QED) is 0.823. The second-order valence-electron chi connectivity index (χ2n) is 2.80. The highest BCUT2D eigenvalue weighted by molar-refractivity contribution is 6.34. The predicted octanol–water partition coefficient (Wildman–Crippen LogP) is 3.36. The molecule has 3 heteroatoms. The molecule has 1 aromatic carbocycles. The Morgan fingerprint density at radius 1 is 1.23 bits per heavy atom. The Morgan fingerprint density at radius 2 is 1.77 bits per heavy atom. The molecule has 70 valence electrons. The van der Waals surface area contributed by atoms with E-state index in [1.54, 1.807) is 6.07 Å². The monoisotopic (exact) mass is 215 g/mol. The number of hydrogen-bond donors (Lipinski definition) is 1. The summed E-state index contributed by atoms with van der Waals surface area (Å²) in [5, 5.41) is 1.25. The smallest absolute Gasteiger partial charge is 0.0426 e. The van der Waals surface area contributed by atoms with Gasteiger partial charge in [-0.2, -0.15) is 0 Å². The van der Waals surface area contributed by atoms with Crippen molar-refractivity contribution >= 4 is 28.8 Å². The minimum absolute atomic E-state index is 0.586. The highest BCUT2D eigenvalue weighted by Gasteiger charge is 2.01. The fourth-order valence-corrected chi connectivity index (χ4v) is 1.60. The minimum Gasteiger partial charge on any atom is -0.330 e. The average molecular weight is 216 g/mol. The van der Waals surface area contributed by atoms with Gasteiger partial charge in [-0.25, -0.2) is 0 Å². The number of nitrogens with two attached hydrogens (primary N) is 1. The second-order valence-corrected chi connectivity index (χ2v) is 3.67. The first kappa shape index (κ1) is 10.6. The van der Waals surface area contributed by atoms with Crippen LogP contribution in [0.2, 0.25) is 10.0 Å². The Morgan fingerprint density at radius 3 is 2.23 bits per heavy atom. The molecule has 1 nitrogen and oxygen atoms in total. The van der Waals surface area contributed by atoms with Crippen LogP contribution in [-0.2, 0) is 0 Å². The van der Waals surface area contributed by atoms with Gasteiger partial charge in [0.25, 0.3) is 0 Å². The molecule has 0 saturated heterocycles. The Hall–Kier alpha value is -0.500. The van der Waals surface area contributed by atoms with Gasteiger partial charge in [0, 0.05) is 10.0 Å². The van der Waals surface area contributed by atoms with Crippen LogP contribution in [0.3, 0.4) is 0 Å². The van der Waals surface area contributed by atoms with Gasteiger partial charge in [-0.1, -0.05) is 29.8 Å². The molecule has 0 heterocycles. The molecule has 0 aliphatic heterocycles. The summed E-state index contributed by atoms with van der Waals surface area (Å²) in [5.74, 6) is 0. The lowest BCUT2D eigenvalue weighted by atomic mass is 10.1. The third-order valence-corrected chi connectivity index (χ3v) is 2.15. The first-order valence-electron chi connectivity index (χ1n) is 3.98. The van der Waals surface area contributed by atoms with Crippen LogP contribution in [0.5, 0.6) is 0 Å². The van der Waals surface area contributed by atoms with Gasteiger partial charge in [0.2, 0.25) is 0 Å². The van der Waals surface area contributed by atoms with Crippen LogP contribution in [0.25, 0.3) is 5.57 Å². The van der Waals surface area contributed by atoms with Gasteiger partial charge < -0.3 is 5.73 Å². The SMILES string of the molecule is C=C(CCN)c1cc(Cl)cc(Cl)c1. The standard InChI is InChI=1S/C10H11Cl2N/c1-7(2-3-13)8-4-9(11)6-10(12)5-8/h4-6H,1-3,13H2. The third kappa shape index (κ3) is 3.03. The van der Waals surface area contributed by atoms with Gasteiger partial charge in [0.15, 0.2) is 0 Å². The van der Waals surface area contributed by atoms with Crippen LogP contribution in [0, 0.1) is 0 Å². The Bertz CT molecular complexity index is 300. The second kappa shape index (κ2) is 4.66. The highest BCUT2D eigenvalue weighted by Crippen LogP contribution is 2.24. The molecule has 0 unspecified atom stereocenters. The summed E-state index contributed by atoms with van der Waals surface area (Å²) in [7, 11) is 0. The van der Waals surface area contributed by atoms with Crippen LogP contribution >= 0.6 is 23.2 Å². The maximum absolute atomic E-state index is 5.84. The summed E-state index contributed by atoms with van der Waals surface area (Å²) in [6.07, 6.45) is 0.761. The fourth-order valence-electron chi connectivity index (χ4n) is 1.08. The van der Waals surface area contributed by atoms with E-state index in [4.69, 9.17) is 28.9 Å². The largest absolute Gasteiger partial charge is 0.330 e. The van der Waals surface area contributed by atoms with Crippen molar-refractivity contribution in [2.24, 2.45) is 5.73 Å². The van der Waals surface area contributed by atoms with Crippen molar-refractivity contribution in [2.75, 3.05) is 6.54 Å². The van der Waals surface area contributed by atoms with Crippen molar-refractivity contribution in [1.82, 2.24) is 0 Å². The molecule has 0 aromatic heterocycles. The van der Waals surface area contributed by atoms with E-state index < -0.39 is 0 Å². The summed E-state index contributed by atoms with van der Waals surface area (Å²) in [6.45, 7) is 4.49. The number of hydrogen-bond acceptors (Lipinski definition) is 1. The average Bonchev–Trinajstić information content (AvgIpc) is 2.03. The number of rotatable bonds is 3. The van der Waals surface area contributed by atoms with Gasteiger partial charge >= 0.3 is 0 Å². The molecular weight excluding hydrogens is 205 g/mol. The predicted molar refractivity (Wildman–Crippen MR) is 59.2 cm³/mol. The van der Waals surface area contributed by atoms with E-state index in [0.717, 1.165) is 17.6 Å². The zero-order valence-electron chi connectivity index (χ0n) is 7.19. The van der Waals surface area contributed by atoms with E-state index in [1.165, 1.54) is 0 Å². The molecule has 1 aromatic rings. The van der Waals surface area contributed by atoms with Crippen molar-refractivity contribution in [3.8, 4) is 0 Å². The van der Waals surface area contributed by atoms with Crippen molar-refractivity contribution in [3.05, 3.63) is 40.4 Å². The maximum Gasteiger partial charge on any atom is 0.0426 e. The fraction of sp³-hybridized carbons (Fsp3) is 0.200. The maximum atomic E-state index is 5.84. The van der Waals surface area contributed by atoms with E-state index in [-0.39, 0.29) is 0 Å². The van der Waals surface area contributed by atoms with E-state index in [2.05, 4.69) is 6.58 Å². The minimum atomic E-state index is 0.586. The summed E-state index contributed by atoms with van der Waals surface area (Å²) in [5.41, 5.74) is 7.34. The topological polar surface area (TPSA) is 26.0 Å². The van der Waals surface area contributed by atoms with Crippen molar-refractivity contribution in [3.63, 3.8) is 0 Å². The third-order valence-electron chi connectivity index (χ3n) is 1.72. The summed E-state index contributed by atoms with van der Waals surface area (Å²) < 4.78 is 0. The molecule has 0 fully saturated rings. The van der Waals surface area contributed by atoms with Gasteiger partial charge in [-0.05, 0) is 42.3 Å². The van der Waals surface area contributed by atoms with Gasteiger partial charge in [0.1, 0.15) is 0 Å². The molecule has 1 rings (SSSR count). The first-order valence-corrected chi connectivity index (χ1v) is 4.73. The lowest BCUT2D eigenvalue weighted by molar-refractivity contribution is 1.02. The van der Waals surface area contributed by atoms with Gasteiger partial charge in [-0.15, -0.1) is 0 Å². The Balaban J connectivity index is 2.94. The van der Waals surface area contributed by atoms with E-state index in [0.29, 0.717) is 16.6 Å². The van der Waals surface area contributed by atoms with Gasteiger partial charge in [-0.3, -0.25) is 0 Å².